The van der Waals surface area contributed by atoms with Gasteiger partial charge in [-0.05, 0) is 59.9 Å². The summed E-state index contributed by atoms with van der Waals surface area (Å²) in [5, 5.41) is 13.2. The molecule has 198 valence electrons. The van der Waals surface area contributed by atoms with Gasteiger partial charge in [-0.1, -0.05) is 39.6 Å². The largest absolute Gasteiger partial charge is 0.380 e. The Morgan fingerprint density at radius 2 is 1.95 bits per heavy atom. The van der Waals surface area contributed by atoms with Gasteiger partial charge in [0.15, 0.2) is 16.6 Å². The highest BCUT2D eigenvalue weighted by Gasteiger charge is 2.55. The number of rotatable bonds is 4. The predicted octanol–water partition coefficient (Wildman–Crippen LogP) is 5.97. The molecule has 0 spiro atoms. The van der Waals surface area contributed by atoms with Crippen molar-refractivity contribution < 1.29 is 8.91 Å². The summed E-state index contributed by atoms with van der Waals surface area (Å²) in [6.45, 7) is 0. The number of pyridine rings is 1. The zero-order valence-electron chi connectivity index (χ0n) is 20.6. The van der Waals surface area contributed by atoms with E-state index in [9.17, 15) is 4.79 Å². The smallest absolute Gasteiger partial charge is 0.251 e. The molecule has 9 nitrogen and oxygen atoms in total. The minimum absolute atomic E-state index is 0.178. The lowest BCUT2D eigenvalue weighted by atomic mass is 9.97. The Hall–Kier alpha value is -4.28. The zero-order valence-corrected chi connectivity index (χ0v) is 22.1. The van der Waals surface area contributed by atoms with E-state index in [2.05, 4.69) is 20.5 Å². The van der Waals surface area contributed by atoms with Crippen LogP contribution in [0.2, 0.25) is 10.2 Å². The maximum atomic E-state index is 15.2. The quantitative estimate of drug-likeness (QED) is 0.265. The van der Waals surface area contributed by atoms with E-state index in [-0.39, 0.29) is 34.4 Å². The molecule has 2 aromatic carbocycles. The third kappa shape index (κ3) is 3.49. The van der Waals surface area contributed by atoms with E-state index in [4.69, 9.17) is 33.5 Å². The number of anilines is 1. The molecule has 0 radical (unpaired) electrons. The molecule has 0 amide bonds. The fourth-order valence-corrected chi connectivity index (χ4v) is 6.45. The van der Waals surface area contributed by atoms with Crippen molar-refractivity contribution in [3.63, 3.8) is 0 Å². The van der Waals surface area contributed by atoms with Crippen molar-refractivity contribution in [1.82, 2.24) is 24.7 Å². The van der Waals surface area contributed by atoms with E-state index in [1.165, 1.54) is 0 Å². The fourth-order valence-electron chi connectivity index (χ4n) is 6.15. The van der Waals surface area contributed by atoms with E-state index in [0.29, 0.717) is 50.5 Å². The van der Waals surface area contributed by atoms with Crippen molar-refractivity contribution >= 4 is 51.3 Å². The van der Waals surface area contributed by atoms with Crippen LogP contribution in [0.4, 0.5) is 10.2 Å². The molecule has 8 rings (SSSR count). The second kappa shape index (κ2) is 8.36. The first-order chi connectivity index (χ1) is 19.4. The summed E-state index contributed by atoms with van der Waals surface area (Å²) in [6.07, 6.45) is 2.80. The standard InChI is InChI=1S/C28H18Cl2FN7O2/c29-14-2-4-21(37-11-24(30)34-36-37)16(8-14)13-5-22-18-9-19(18)26(38(22)25(39)7-13)20-10-17(27(31)33-20)12-1-3-15-23(6-12)40-35-28(15)32/h1-8,11,18-19,26H,9-10H2,(H2,32,35)/t18-,19+,26+/m1/s1. The Bertz CT molecular complexity index is 2020. The maximum Gasteiger partial charge on any atom is 0.251 e. The van der Waals surface area contributed by atoms with Gasteiger partial charge in [0.2, 0.25) is 5.95 Å². The van der Waals surface area contributed by atoms with Crippen LogP contribution in [0.3, 0.4) is 0 Å². The summed E-state index contributed by atoms with van der Waals surface area (Å²) in [5.74, 6) is 0.130. The summed E-state index contributed by atoms with van der Waals surface area (Å²) < 4.78 is 23.8. The molecular weight excluding hydrogens is 556 g/mol. The molecule has 1 fully saturated rings. The van der Waals surface area contributed by atoms with Gasteiger partial charge in [0, 0.05) is 46.0 Å². The number of nitrogens with zero attached hydrogens (tertiary/aromatic N) is 6. The van der Waals surface area contributed by atoms with Gasteiger partial charge >= 0.3 is 0 Å². The molecule has 3 aliphatic rings. The van der Waals surface area contributed by atoms with Gasteiger partial charge < -0.3 is 14.8 Å². The lowest BCUT2D eigenvalue weighted by molar-refractivity contribution is 0.460. The number of aliphatic imine (C=N–C) groups is 1. The van der Waals surface area contributed by atoms with Gasteiger partial charge in [0.1, 0.15) is 0 Å². The normalized spacial score (nSPS) is 21.2. The van der Waals surface area contributed by atoms with E-state index in [1.807, 2.05) is 12.1 Å². The number of nitrogens with two attached hydrogens (primary N) is 1. The van der Waals surface area contributed by atoms with E-state index in [1.54, 1.807) is 51.8 Å². The molecular formula is C28H18Cl2FN7O2. The van der Waals surface area contributed by atoms with Gasteiger partial charge in [-0.3, -0.25) is 4.79 Å². The summed E-state index contributed by atoms with van der Waals surface area (Å²) in [7, 11) is 0. The minimum atomic E-state index is -0.549. The van der Waals surface area contributed by atoms with Crippen LogP contribution in [-0.2, 0) is 0 Å². The highest BCUT2D eigenvalue weighted by molar-refractivity contribution is 6.31. The lowest BCUT2D eigenvalue weighted by Crippen LogP contribution is -2.29. The van der Waals surface area contributed by atoms with Gasteiger partial charge in [0.05, 0.1) is 23.3 Å². The fraction of sp³-hybridized carbons (Fsp3) is 0.179. The van der Waals surface area contributed by atoms with Crippen molar-refractivity contribution in [2.24, 2.45) is 10.9 Å². The SMILES string of the molecule is Nc1noc2cc(C3=C(F)N=C([C@@H]4[C@H]5C[C@H]5c5cc(-c6cc(Cl)ccc6-n6cc(Cl)nn6)cc(=O)n54)C3)ccc12. The first-order valence-electron chi connectivity index (χ1n) is 12.6. The van der Waals surface area contributed by atoms with Crippen molar-refractivity contribution in [3.05, 3.63) is 92.5 Å². The van der Waals surface area contributed by atoms with Crippen LogP contribution in [-0.4, -0.2) is 30.4 Å². The summed E-state index contributed by atoms with van der Waals surface area (Å²) in [5.41, 5.74) is 10.9. The third-order valence-electron chi connectivity index (χ3n) is 8.02. The van der Waals surface area contributed by atoms with Crippen LogP contribution >= 0.6 is 23.2 Å². The molecule has 1 saturated carbocycles. The van der Waals surface area contributed by atoms with Crippen molar-refractivity contribution in [2.75, 3.05) is 5.73 Å². The van der Waals surface area contributed by atoms with Crippen LogP contribution < -0.4 is 11.3 Å². The Kier molecular flexibility index (Phi) is 4.93. The average Bonchev–Trinajstić information content (AvgIpc) is 3.21. The highest BCUT2D eigenvalue weighted by Crippen LogP contribution is 2.60. The van der Waals surface area contributed by atoms with E-state index in [0.717, 1.165) is 17.7 Å². The minimum Gasteiger partial charge on any atom is -0.380 e. The number of fused-ring (bicyclic) bond motifs is 4. The second-order valence-electron chi connectivity index (χ2n) is 10.3. The van der Waals surface area contributed by atoms with Crippen molar-refractivity contribution in [3.8, 4) is 16.8 Å². The predicted molar refractivity (Wildman–Crippen MR) is 149 cm³/mol. The molecule has 0 bridgehead atoms. The van der Waals surface area contributed by atoms with Gasteiger partial charge in [-0.25, -0.2) is 9.67 Å². The van der Waals surface area contributed by atoms with Gasteiger partial charge in [-0.2, -0.15) is 4.39 Å². The van der Waals surface area contributed by atoms with Gasteiger partial charge in [0.25, 0.3) is 5.56 Å². The van der Waals surface area contributed by atoms with Crippen molar-refractivity contribution in [1.29, 1.82) is 0 Å². The summed E-state index contributed by atoms with van der Waals surface area (Å²) in [4.78, 5) is 18.0. The molecule has 5 aromatic rings. The number of nitrogen functional groups attached to an aromatic ring is 1. The number of halogens is 3. The van der Waals surface area contributed by atoms with E-state index < -0.39 is 5.95 Å². The molecule has 12 heteroatoms. The molecule has 40 heavy (non-hydrogen) atoms. The molecule has 2 N–H and O–H groups in total. The number of aromatic nitrogens is 5. The summed E-state index contributed by atoms with van der Waals surface area (Å²) in [6, 6.07) is 13.9. The monoisotopic (exact) mass is 573 g/mol. The Balaban J connectivity index is 1.16. The maximum absolute atomic E-state index is 15.2. The van der Waals surface area contributed by atoms with Crippen LogP contribution in [0.5, 0.6) is 0 Å². The number of hydrogen-bond donors (Lipinski definition) is 1. The average molecular weight is 574 g/mol. The number of hydrogen-bond acceptors (Lipinski definition) is 7. The van der Waals surface area contributed by atoms with Crippen molar-refractivity contribution in [2.45, 2.75) is 24.8 Å². The van der Waals surface area contributed by atoms with Crippen LogP contribution in [0, 0.1) is 5.92 Å². The zero-order chi connectivity index (χ0) is 27.3. The molecule has 3 aromatic heterocycles. The Labute approximate surface area is 235 Å². The van der Waals surface area contributed by atoms with Crippen LogP contribution in [0.1, 0.15) is 36.1 Å². The van der Waals surface area contributed by atoms with Gasteiger partial charge in [-0.15, -0.1) is 5.10 Å². The van der Waals surface area contributed by atoms with E-state index >= 15 is 4.39 Å². The molecule has 3 atom stereocenters. The molecule has 0 unspecified atom stereocenters. The molecule has 5 heterocycles. The number of allylic oxidation sites excluding steroid dienone is 1. The molecule has 0 saturated heterocycles. The Morgan fingerprint density at radius 3 is 2.77 bits per heavy atom. The summed E-state index contributed by atoms with van der Waals surface area (Å²) >= 11 is 12.4. The molecule has 1 aliphatic carbocycles. The first-order valence-corrected chi connectivity index (χ1v) is 13.4. The molecule has 2 aliphatic heterocycles. The number of benzene rings is 2. The second-order valence-corrected chi connectivity index (χ2v) is 11.1. The van der Waals surface area contributed by atoms with Crippen LogP contribution in [0.15, 0.2) is 75.0 Å². The first kappa shape index (κ1) is 23.6. The lowest BCUT2D eigenvalue weighted by Gasteiger charge is -2.20. The topological polar surface area (TPSA) is 117 Å². The third-order valence-corrected chi connectivity index (χ3v) is 8.43. The highest BCUT2D eigenvalue weighted by atomic mass is 35.5. The van der Waals surface area contributed by atoms with Crippen LogP contribution in [0.25, 0.3) is 33.4 Å². The Morgan fingerprint density at radius 1 is 1.07 bits per heavy atom.